The van der Waals surface area contributed by atoms with E-state index < -0.39 is 24.4 Å². The summed E-state index contributed by atoms with van der Waals surface area (Å²) in [7, 11) is 0. The second kappa shape index (κ2) is 9.02. The van der Waals surface area contributed by atoms with Crippen LogP contribution in [0.1, 0.15) is 10.4 Å². The fourth-order valence-corrected chi connectivity index (χ4v) is 2.91. The molecule has 0 aliphatic heterocycles. The number of fused-ring (bicyclic) bond motifs is 1. The topological polar surface area (TPSA) is 108 Å². The standard InChI is InChI=1S/C18H19FN4O4S/c1-28-13-2-3-16(15(19)7-13)21-17-14(6-11-4-5-20-10-23(11)17)18(26)22-27-9-12(25)8-24/h2-7,10,12,21,24-25H,8-9H2,1H3,(H,22,26)/t12-/m1/s1. The number of anilines is 2. The average Bonchev–Trinajstić information content (AvgIpc) is 3.07. The van der Waals surface area contributed by atoms with E-state index in [0.717, 1.165) is 4.90 Å². The molecule has 148 valence electrons. The van der Waals surface area contributed by atoms with E-state index in [2.05, 4.69) is 15.8 Å². The highest BCUT2D eigenvalue weighted by molar-refractivity contribution is 7.98. The summed E-state index contributed by atoms with van der Waals surface area (Å²) in [6, 6.07) is 8.06. The largest absolute Gasteiger partial charge is 0.394 e. The molecule has 0 spiro atoms. The number of carbonyl (C=O) groups is 1. The van der Waals surface area contributed by atoms with Crippen LogP contribution in [0.15, 0.2) is 47.8 Å². The zero-order chi connectivity index (χ0) is 20.1. The first kappa shape index (κ1) is 20.1. The number of aromatic nitrogens is 2. The molecule has 3 aromatic rings. The molecule has 4 N–H and O–H groups in total. The van der Waals surface area contributed by atoms with Gasteiger partial charge in [0.15, 0.2) is 0 Å². The Balaban J connectivity index is 1.90. The minimum atomic E-state index is -1.11. The van der Waals surface area contributed by atoms with Crippen molar-refractivity contribution in [3.05, 3.63) is 54.2 Å². The molecule has 2 aromatic heterocycles. The van der Waals surface area contributed by atoms with E-state index in [1.165, 1.54) is 24.2 Å². The quantitative estimate of drug-likeness (QED) is 0.335. The molecule has 8 nitrogen and oxygen atoms in total. The predicted octanol–water partition coefficient (Wildman–Crippen LogP) is 1.95. The third-order valence-electron chi connectivity index (χ3n) is 3.91. The monoisotopic (exact) mass is 406 g/mol. The highest BCUT2D eigenvalue weighted by atomic mass is 32.2. The van der Waals surface area contributed by atoms with E-state index in [9.17, 15) is 14.3 Å². The Bertz CT molecular complexity index is 981. The molecule has 0 aliphatic rings. The molecule has 1 aromatic carbocycles. The molecule has 3 rings (SSSR count). The molecule has 2 heterocycles. The molecule has 0 saturated heterocycles. The zero-order valence-electron chi connectivity index (χ0n) is 14.9. The van der Waals surface area contributed by atoms with Gasteiger partial charge in [-0.3, -0.25) is 14.0 Å². The van der Waals surface area contributed by atoms with Crippen molar-refractivity contribution >= 4 is 34.7 Å². The maximum absolute atomic E-state index is 14.4. The molecular weight excluding hydrogens is 387 g/mol. The van der Waals surface area contributed by atoms with E-state index in [1.54, 1.807) is 34.9 Å². The number of halogens is 1. The number of nitrogens with zero attached hydrogens (tertiary/aromatic N) is 2. The second-order valence-corrected chi connectivity index (χ2v) is 6.71. The summed E-state index contributed by atoms with van der Waals surface area (Å²) in [6.07, 6.45) is 3.81. The van der Waals surface area contributed by atoms with Gasteiger partial charge in [0.2, 0.25) is 0 Å². The molecular formula is C18H19FN4O4S. The van der Waals surface area contributed by atoms with Crippen molar-refractivity contribution in [1.29, 1.82) is 0 Å². The smallest absolute Gasteiger partial charge is 0.278 e. The number of aliphatic hydroxyl groups is 2. The molecule has 1 amide bonds. The molecule has 0 bridgehead atoms. The zero-order valence-corrected chi connectivity index (χ0v) is 15.7. The Labute approximate surface area is 164 Å². The van der Waals surface area contributed by atoms with Gasteiger partial charge >= 0.3 is 0 Å². The van der Waals surface area contributed by atoms with E-state index in [-0.39, 0.29) is 17.9 Å². The van der Waals surface area contributed by atoms with Gasteiger partial charge < -0.3 is 15.5 Å². The van der Waals surface area contributed by atoms with Crippen LogP contribution >= 0.6 is 11.8 Å². The third-order valence-corrected chi connectivity index (χ3v) is 4.63. The van der Waals surface area contributed by atoms with Crippen LogP contribution in [0.5, 0.6) is 0 Å². The van der Waals surface area contributed by atoms with Crippen LogP contribution in [0, 0.1) is 5.82 Å². The van der Waals surface area contributed by atoms with Gasteiger partial charge in [-0.15, -0.1) is 11.8 Å². The van der Waals surface area contributed by atoms with Crippen LogP contribution in [-0.4, -0.2) is 51.1 Å². The van der Waals surface area contributed by atoms with Crippen molar-refractivity contribution in [3.63, 3.8) is 0 Å². The molecule has 0 unspecified atom stereocenters. The summed E-state index contributed by atoms with van der Waals surface area (Å²) < 4.78 is 16.0. The summed E-state index contributed by atoms with van der Waals surface area (Å²) in [4.78, 5) is 22.3. The first-order valence-corrected chi connectivity index (χ1v) is 9.52. The average molecular weight is 406 g/mol. The van der Waals surface area contributed by atoms with Gasteiger partial charge in [-0.05, 0) is 36.6 Å². The molecule has 0 radical (unpaired) electrons. The Morgan fingerprint density at radius 2 is 2.21 bits per heavy atom. The molecule has 1 atom stereocenters. The minimum Gasteiger partial charge on any atom is -0.394 e. The minimum absolute atomic E-state index is 0.194. The highest BCUT2D eigenvalue weighted by Crippen LogP contribution is 2.28. The molecule has 0 saturated carbocycles. The van der Waals surface area contributed by atoms with Crippen LogP contribution in [0.25, 0.3) is 5.52 Å². The lowest BCUT2D eigenvalue weighted by atomic mass is 10.2. The van der Waals surface area contributed by atoms with E-state index in [4.69, 9.17) is 9.94 Å². The third kappa shape index (κ3) is 4.42. The number of benzene rings is 1. The van der Waals surface area contributed by atoms with Gasteiger partial charge in [-0.2, -0.15) is 0 Å². The van der Waals surface area contributed by atoms with Gasteiger partial charge in [0.05, 0.1) is 23.4 Å². The summed E-state index contributed by atoms with van der Waals surface area (Å²) in [5, 5.41) is 21.0. The molecule has 0 fully saturated rings. The number of hydroxylamine groups is 1. The fourth-order valence-electron chi connectivity index (χ4n) is 2.49. The number of amides is 1. The van der Waals surface area contributed by atoms with Crippen molar-refractivity contribution < 1.29 is 24.2 Å². The summed E-state index contributed by atoms with van der Waals surface area (Å²) in [5.74, 6) is -0.750. The summed E-state index contributed by atoms with van der Waals surface area (Å²) in [6.45, 7) is -0.763. The van der Waals surface area contributed by atoms with Gasteiger partial charge in [0, 0.05) is 11.1 Å². The number of hydrogen-bond acceptors (Lipinski definition) is 7. The van der Waals surface area contributed by atoms with Crippen LogP contribution in [0.2, 0.25) is 0 Å². The molecule has 0 aliphatic carbocycles. The number of hydrogen-bond donors (Lipinski definition) is 4. The number of carbonyl (C=O) groups excluding carboxylic acids is 1. The van der Waals surface area contributed by atoms with Gasteiger partial charge in [0.25, 0.3) is 5.91 Å². The first-order chi connectivity index (χ1) is 13.5. The van der Waals surface area contributed by atoms with Gasteiger partial charge in [-0.25, -0.2) is 14.9 Å². The molecule has 10 heteroatoms. The van der Waals surface area contributed by atoms with Crippen molar-refractivity contribution in [2.75, 3.05) is 24.8 Å². The van der Waals surface area contributed by atoms with Crippen LogP contribution < -0.4 is 10.8 Å². The van der Waals surface area contributed by atoms with E-state index in [1.807, 2.05) is 6.26 Å². The summed E-state index contributed by atoms with van der Waals surface area (Å²) >= 11 is 1.42. The number of thioether (sulfide) groups is 1. The first-order valence-electron chi connectivity index (χ1n) is 8.30. The highest BCUT2D eigenvalue weighted by Gasteiger charge is 2.19. The van der Waals surface area contributed by atoms with Gasteiger partial charge in [0.1, 0.15) is 30.7 Å². The van der Waals surface area contributed by atoms with Crippen LogP contribution in [0.4, 0.5) is 15.9 Å². The number of nitrogens with one attached hydrogen (secondary N) is 2. The Hall–Kier alpha value is -2.66. The van der Waals surface area contributed by atoms with Gasteiger partial charge in [-0.1, -0.05) is 0 Å². The Morgan fingerprint density at radius 1 is 1.39 bits per heavy atom. The van der Waals surface area contributed by atoms with Crippen molar-refractivity contribution in [2.24, 2.45) is 0 Å². The lowest BCUT2D eigenvalue weighted by Gasteiger charge is -2.12. The SMILES string of the molecule is CSc1ccc(Nc2c(C(=O)NOC[C@H](O)CO)cc3ccncn23)c(F)c1. The Morgan fingerprint density at radius 3 is 2.93 bits per heavy atom. The van der Waals surface area contributed by atoms with E-state index in [0.29, 0.717) is 11.3 Å². The van der Waals surface area contributed by atoms with Crippen molar-refractivity contribution in [3.8, 4) is 0 Å². The maximum atomic E-state index is 14.4. The van der Waals surface area contributed by atoms with E-state index >= 15 is 0 Å². The normalized spacial score (nSPS) is 12.1. The fraction of sp³-hybridized carbons (Fsp3) is 0.222. The van der Waals surface area contributed by atoms with Crippen LogP contribution in [0.3, 0.4) is 0 Å². The molecule has 28 heavy (non-hydrogen) atoms. The summed E-state index contributed by atoms with van der Waals surface area (Å²) in [5.41, 5.74) is 3.26. The lowest BCUT2D eigenvalue weighted by molar-refractivity contribution is -0.0295. The number of rotatable bonds is 8. The lowest BCUT2D eigenvalue weighted by Crippen LogP contribution is -2.30. The number of aliphatic hydroxyl groups excluding tert-OH is 2. The maximum Gasteiger partial charge on any atom is 0.278 e. The van der Waals surface area contributed by atoms with Crippen molar-refractivity contribution in [1.82, 2.24) is 14.9 Å². The Kier molecular flexibility index (Phi) is 6.47. The predicted molar refractivity (Wildman–Crippen MR) is 103 cm³/mol. The second-order valence-electron chi connectivity index (χ2n) is 5.83. The van der Waals surface area contributed by atoms with Crippen LogP contribution in [-0.2, 0) is 4.84 Å². The van der Waals surface area contributed by atoms with Crippen molar-refractivity contribution in [2.45, 2.75) is 11.0 Å².